The fraction of sp³-hybridized carbons (Fsp3) is 0.562. The van der Waals surface area contributed by atoms with E-state index in [4.69, 9.17) is 0 Å². The molecule has 0 aliphatic heterocycles. The molecule has 98 valence electrons. The van der Waals surface area contributed by atoms with Crippen molar-refractivity contribution in [2.75, 3.05) is 6.54 Å². The molecular weight excluding hydrogens is 222 g/mol. The Balaban J connectivity index is 1.91. The van der Waals surface area contributed by atoms with Crippen molar-refractivity contribution in [1.29, 1.82) is 0 Å². The van der Waals surface area contributed by atoms with Crippen LogP contribution in [-0.4, -0.2) is 12.5 Å². The number of hydrogen-bond acceptors (Lipinski definition) is 1. The number of benzene rings is 1. The molecule has 1 aromatic rings. The summed E-state index contributed by atoms with van der Waals surface area (Å²) in [5.74, 6) is 0.207. The molecule has 0 heterocycles. The Hall–Kier alpha value is -1.31. The summed E-state index contributed by atoms with van der Waals surface area (Å²) in [7, 11) is 0. The predicted molar refractivity (Wildman–Crippen MR) is 74.5 cm³/mol. The maximum atomic E-state index is 11.7. The zero-order valence-corrected chi connectivity index (χ0v) is 11.2. The molecule has 0 unspecified atom stereocenters. The van der Waals surface area contributed by atoms with Gasteiger partial charge in [0, 0.05) is 18.4 Å². The predicted octanol–water partition coefficient (Wildman–Crippen LogP) is 3.41. The van der Waals surface area contributed by atoms with E-state index >= 15 is 0 Å². The topological polar surface area (TPSA) is 29.1 Å². The van der Waals surface area contributed by atoms with Gasteiger partial charge in [-0.3, -0.25) is 4.79 Å². The van der Waals surface area contributed by atoms with Crippen LogP contribution in [0.25, 0.3) is 0 Å². The minimum Gasteiger partial charge on any atom is -0.355 e. The summed E-state index contributed by atoms with van der Waals surface area (Å²) < 4.78 is 0. The van der Waals surface area contributed by atoms with E-state index in [9.17, 15) is 4.79 Å². The Morgan fingerprint density at radius 2 is 2.00 bits per heavy atom. The van der Waals surface area contributed by atoms with Crippen LogP contribution in [0.15, 0.2) is 30.3 Å². The van der Waals surface area contributed by atoms with Crippen LogP contribution in [0.1, 0.15) is 51.0 Å². The van der Waals surface area contributed by atoms with E-state index in [1.54, 1.807) is 0 Å². The van der Waals surface area contributed by atoms with Crippen molar-refractivity contribution >= 4 is 5.91 Å². The summed E-state index contributed by atoms with van der Waals surface area (Å²) in [6.45, 7) is 2.92. The van der Waals surface area contributed by atoms with Gasteiger partial charge in [0.2, 0.25) is 5.91 Å². The van der Waals surface area contributed by atoms with Gasteiger partial charge in [0.1, 0.15) is 0 Å². The van der Waals surface area contributed by atoms with E-state index in [1.165, 1.54) is 24.8 Å². The average molecular weight is 245 g/mol. The fourth-order valence-electron chi connectivity index (χ4n) is 2.66. The van der Waals surface area contributed by atoms with Crippen LogP contribution < -0.4 is 5.32 Å². The molecule has 0 spiro atoms. The van der Waals surface area contributed by atoms with Crippen LogP contribution in [0.2, 0.25) is 0 Å². The van der Waals surface area contributed by atoms with E-state index in [-0.39, 0.29) is 11.3 Å². The summed E-state index contributed by atoms with van der Waals surface area (Å²) in [5.41, 5.74) is 1.59. The highest BCUT2D eigenvalue weighted by atomic mass is 16.1. The average Bonchev–Trinajstić information content (AvgIpc) is 2.36. The van der Waals surface area contributed by atoms with Crippen molar-refractivity contribution in [2.24, 2.45) is 0 Å². The second-order valence-electron chi connectivity index (χ2n) is 5.38. The molecule has 0 radical (unpaired) electrons. The van der Waals surface area contributed by atoms with Gasteiger partial charge in [-0.2, -0.15) is 0 Å². The second kappa shape index (κ2) is 6.03. The molecule has 0 aromatic heterocycles. The van der Waals surface area contributed by atoms with E-state index in [0.29, 0.717) is 6.42 Å². The monoisotopic (exact) mass is 245 g/mol. The van der Waals surface area contributed by atoms with Crippen LogP contribution in [0.4, 0.5) is 0 Å². The molecule has 18 heavy (non-hydrogen) atoms. The lowest BCUT2D eigenvalue weighted by molar-refractivity contribution is -0.121. The number of carbonyl (C=O) groups excluding carboxylic acids is 1. The maximum absolute atomic E-state index is 11.7. The normalized spacial score (nSPS) is 16.9. The summed E-state index contributed by atoms with van der Waals surface area (Å²) >= 11 is 0. The van der Waals surface area contributed by atoms with Gasteiger partial charge in [-0.1, -0.05) is 50.1 Å². The molecule has 0 saturated heterocycles. The van der Waals surface area contributed by atoms with Crippen LogP contribution in [0.3, 0.4) is 0 Å². The Kier molecular flexibility index (Phi) is 4.40. The number of unbranched alkanes of at least 4 members (excludes halogenated alkanes) is 1. The molecule has 2 rings (SSSR count). The van der Waals surface area contributed by atoms with Crippen LogP contribution in [-0.2, 0) is 10.2 Å². The molecule has 1 aliphatic rings. The van der Waals surface area contributed by atoms with Gasteiger partial charge in [-0.05, 0) is 24.8 Å². The molecule has 0 bridgehead atoms. The Bertz CT molecular complexity index is 381. The highest BCUT2D eigenvalue weighted by Gasteiger charge is 2.38. The first kappa shape index (κ1) is 13.1. The molecule has 1 aliphatic carbocycles. The van der Waals surface area contributed by atoms with Gasteiger partial charge in [-0.15, -0.1) is 0 Å². The first-order valence-corrected chi connectivity index (χ1v) is 7.09. The molecule has 1 N–H and O–H groups in total. The van der Waals surface area contributed by atoms with Crippen molar-refractivity contribution in [2.45, 2.75) is 50.9 Å². The Morgan fingerprint density at radius 1 is 1.28 bits per heavy atom. The number of nitrogens with one attached hydrogen (secondary N) is 1. The van der Waals surface area contributed by atoms with Crippen molar-refractivity contribution < 1.29 is 4.79 Å². The summed E-state index contributed by atoms with van der Waals surface area (Å²) in [6.07, 6.45) is 6.42. The highest BCUT2D eigenvalue weighted by molar-refractivity contribution is 5.76. The van der Waals surface area contributed by atoms with Gasteiger partial charge in [0.05, 0.1) is 0 Å². The lowest BCUT2D eigenvalue weighted by atomic mass is 9.64. The van der Waals surface area contributed by atoms with Gasteiger partial charge >= 0.3 is 0 Å². The first-order chi connectivity index (χ1) is 8.77. The van der Waals surface area contributed by atoms with Crippen molar-refractivity contribution in [3.05, 3.63) is 35.9 Å². The zero-order valence-electron chi connectivity index (χ0n) is 11.2. The fourth-order valence-corrected chi connectivity index (χ4v) is 2.66. The van der Waals surface area contributed by atoms with Crippen molar-refractivity contribution in [3.8, 4) is 0 Å². The molecule has 1 fully saturated rings. The number of rotatable bonds is 6. The van der Waals surface area contributed by atoms with Gasteiger partial charge in [-0.25, -0.2) is 0 Å². The molecule has 1 amide bonds. The third-order valence-corrected chi connectivity index (χ3v) is 4.08. The molecule has 2 heteroatoms. The Labute approximate surface area is 110 Å². The summed E-state index contributed by atoms with van der Waals surface area (Å²) in [5, 5.41) is 3.12. The third kappa shape index (κ3) is 2.92. The first-order valence-electron chi connectivity index (χ1n) is 7.09. The van der Waals surface area contributed by atoms with E-state index in [0.717, 1.165) is 19.4 Å². The van der Waals surface area contributed by atoms with Crippen molar-refractivity contribution in [1.82, 2.24) is 5.32 Å². The van der Waals surface area contributed by atoms with Gasteiger partial charge in [0.15, 0.2) is 0 Å². The van der Waals surface area contributed by atoms with Gasteiger partial charge < -0.3 is 5.32 Å². The van der Waals surface area contributed by atoms with E-state index in [1.807, 2.05) is 0 Å². The minimum absolute atomic E-state index is 0.207. The molecule has 2 nitrogen and oxygen atoms in total. The zero-order chi connectivity index (χ0) is 12.8. The summed E-state index contributed by atoms with van der Waals surface area (Å²) in [6, 6.07) is 10.6. The molecule has 1 saturated carbocycles. The van der Waals surface area contributed by atoms with Crippen LogP contribution in [0, 0.1) is 0 Å². The third-order valence-electron chi connectivity index (χ3n) is 4.08. The molecule has 0 atom stereocenters. The lowest BCUT2D eigenvalue weighted by Gasteiger charge is -2.42. The molecular formula is C16H23NO. The van der Waals surface area contributed by atoms with Crippen LogP contribution in [0.5, 0.6) is 0 Å². The van der Waals surface area contributed by atoms with Crippen LogP contribution >= 0.6 is 0 Å². The Morgan fingerprint density at radius 3 is 2.56 bits per heavy atom. The van der Waals surface area contributed by atoms with E-state index < -0.39 is 0 Å². The highest BCUT2D eigenvalue weighted by Crippen LogP contribution is 2.43. The van der Waals surface area contributed by atoms with Gasteiger partial charge in [0.25, 0.3) is 0 Å². The minimum atomic E-state index is 0.207. The quantitative estimate of drug-likeness (QED) is 0.817. The second-order valence-corrected chi connectivity index (χ2v) is 5.38. The summed E-state index contributed by atoms with van der Waals surface area (Å²) in [4.78, 5) is 11.7. The van der Waals surface area contributed by atoms with Crippen molar-refractivity contribution in [3.63, 3.8) is 0 Å². The number of carbonyl (C=O) groups is 1. The number of amides is 1. The maximum Gasteiger partial charge on any atom is 0.220 e. The number of hydrogen-bond donors (Lipinski definition) is 1. The SMILES string of the molecule is CCCCC(=O)NCC1(c2ccccc2)CCC1. The smallest absolute Gasteiger partial charge is 0.220 e. The molecule has 1 aromatic carbocycles. The largest absolute Gasteiger partial charge is 0.355 e. The van der Waals surface area contributed by atoms with E-state index in [2.05, 4.69) is 42.6 Å². The lowest BCUT2D eigenvalue weighted by Crippen LogP contribution is -2.45. The standard InChI is InChI=1S/C16H23NO/c1-2-3-10-15(18)17-13-16(11-7-12-16)14-8-5-4-6-9-14/h4-6,8-9H,2-3,7,10-13H2,1H3,(H,17,18).